The van der Waals surface area contributed by atoms with Gasteiger partial charge in [-0.1, -0.05) is 17.7 Å². The zero-order valence-electron chi connectivity index (χ0n) is 13.7. The van der Waals surface area contributed by atoms with Crippen LogP contribution in [0, 0.1) is 12.8 Å². The Morgan fingerprint density at radius 2 is 1.87 bits per heavy atom. The van der Waals surface area contributed by atoms with Crippen molar-refractivity contribution >= 4 is 18.3 Å². The van der Waals surface area contributed by atoms with Crippen LogP contribution in [0.3, 0.4) is 0 Å². The standard InChI is InChI=1S/C18H26N2O2.ClH/c1-13-2-6-17(7-3-13)22-9-8-19-18(21)12-14-10-15-4-5-16(11-14)20-15;/h2-3,6-7,14-16,20H,4-5,8-12H2,1H3,(H,19,21);1H. The molecule has 1 aromatic rings. The van der Waals surface area contributed by atoms with Crippen LogP contribution in [-0.4, -0.2) is 31.1 Å². The SMILES string of the molecule is Cc1ccc(OCCNC(=O)CC2CC3CCC(C2)N3)cc1.Cl. The van der Waals surface area contributed by atoms with Crippen molar-refractivity contribution in [3.8, 4) is 5.75 Å². The third-order valence-corrected chi connectivity index (χ3v) is 4.76. The van der Waals surface area contributed by atoms with Gasteiger partial charge in [-0.2, -0.15) is 0 Å². The summed E-state index contributed by atoms with van der Waals surface area (Å²) >= 11 is 0. The lowest BCUT2D eigenvalue weighted by Crippen LogP contribution is -2.40. The molecule has 2 N–H and O–H groups in total. The molecule has 0 aliphatic carbocycles. The van der Waals surface area contributed by atoms with Gasteiger partial charge < -0.3 is 15.4 Å². The van der Waals surface area contributed by atoms with Crippen molar-refractivity contribution in [3.05, 3.63) is 29.8 Å². The number of ether oxygens (including phenoxy) is 1. The lowest BCUT2D eigenvalue weighted by Gasteiger charge is -2.28. The van der Waals surface area contributed by atoms with E-state index < -0.39 is 0 Å². The van der Waals surface area contributed by atoms with Crippen molar-refractivity contribution in [2.24, 2.45) is 5.92 Å². The summed E-state index contributed by atoms with van der Waals surface area (Å²) in [5.41, 5.74) is 1.22. The summed E-state index contributed by atoms with van der Waals surface area (Å²) in [6, 6.07) is 9.28. The molecule has 2 heterocycles. The first kappa shape index (κ1) is 18.1. The number of carbonyl (C=O) groups is 1. The zero-order chi connectivity index (χ0) is 15.4. The predicted octanol–water partition coefficient (Wildman–Crippen LogP) is 2.83. The van der Waals surface area contributed by atoms with E-state index in [-0.39, 0.29) is 18.3 Å². The number of halogens is 1. The number of nitrogens with one attached hydrogen (secondary N) is 2. The number of carbonyl (C=O) groups excluding carboxylic acids is 1. The molecule has 0 spiro atoms. The summed E-state index contributed by atoms with van der Waals surface area (Å²) in [5.74, 6) is 1.57. The van der Waals surface area contributed by atoms with Crippen molar-refractivity contribution in [3.63, 3.8) is 0 Å². The molecule has 2 bridgehead atoms. The Kier molecular flexibility index (Phi) is 6.72. The molecule has 5 heteroatoms. The van der Waals surface area contributed by atoms with Gasteiger partial charge in [-0.3, -0.25) is 4.79 Å². The highest BCUT2D eigenvalue weighted by Gasteiger charge is 2.33. The topological polar surface area (TPSA) is 50.4 Å². The molecule has 0 saturated carbocycles. The number of amides is 1. The molecule has 23 heavy (non-hydrogen) atoms. The number of piperidine rings is 1. The van der Waals surface area contributed by atoms with Crippen LogP contribution in [0.1, 0.15) is 37.7 Å². The lowest BCUT2D eigenvalue weighted by molar-refractivity contribution is -0.122. The first-order valence-corrected chi connectivity index (χ1v) is 8.41. The molecule has 2 aliphatic heterocycles. The first-order chi connectivity index (χ1) is 10.7. The highest BCUT2D eigenvalue weighted by atomic mass is 35.5. The quantitative estimate of drug-likeness (QED) is 0.784. The second-order valence-corrected chi connectivity index (χ2v) is 6.69. The third kappa shape index (κ3) is 5.40. The fourth-order valence-corrected chi connectivity index (χ4v) is 3.67. The summed E-state index contributed by atoms with van der Waals surface area (Å²) in [4.78, 5) is 12.0. The van der Waals surface area contributed by atoms with Crippen LogP contribution < -0.4 is 15.4 Å². The van der Waals surface area contributed by atoms with Gasteiger partial charge in [-0.15, -0.1) is 12.4 Å². The minimum absolute atomic E-state index is 0. The summed E-state index contributed by atoms with van der Waals surface area (Å²) in [5, 5.41) is 6.59. The van der Waals surface area contributed by atoms with E-state index in [9.17, 15) is 4.79 Å². The molecule has 4 nitrogen and oxygen atoms in total. The smallest absolute Gasteiger partial charge is 0.220 e. The van der Waals surface area contributed by atoms with Crippen molar-refractivity contribution in [1.29, 1.82) is 0 Å². The van der Waals surface area contributed by atoms with Gasteiger partial charge in [0.1, 0.15) is 12.4 Å². The lowest BCUT2D eigenvalue weighted by atomic mass is 9.89. The average Bonchev–Trinajstić information content (AvgIpc) is 2.84. The number of aryl methyl sites for hydroxylation is 1. The summed E-state index contributed by atoms with van der Waals surface area (Å²) in [7, 11) is 0. The van der Waals surface area contributed by atoms with E-state index >= 15 is 0 Å². The monoisotopic (exact) mass is 338 g/mol. The van der Waals surface area contributed by atoms with Gasteiger partial charge in [0, 0.05) is 18.5 Å². The van der Waals surface area contributed by atoms with Crippen molar-refractivity contribution in [2.45, 2.75) is 51.1 Å². The van der Waals surface area contributed by atoms with Gasteiger partial charge in [0.25, 0.3) is 0 Å². The highest BCUT2D eigenvalue weighted by Crippen LogP contribution is 2.32. The highest BCUT2D eigenvalue weighted by molar-refractivity contribution is 5.85. The van der Waals surface area contributed by atoms with Gasteiger partial charge in [0.05, 0.1) is 6.54 Å². The Bertz CT molecular complexity index is 494. The molecule has 0 aromatic heterocycles. The maximum absolute atomic E-state index is 12.0. The van der Waals surface area contributed by atoms with Crippen LogP contribution >= 0.6 is 12.4 Å². The molecule has 3 rings (SSSR count). The molecule has 1 amide bonds. The van der Waals surface area contributed by atoms with Crippen molar-refractivity contribution in [2.75, 3.05) is 13.2 Å². The van der Waals surface area contributed by atoms with E-state index in [0.717, 1.165) is 18.6 Å². The average molecular weight is 339 g/mol. The third-order valence-electron chi connectivity index (χ3n) is 4.76. The summed E-state index contributed by atoms with van der Waals surface area (Å²) in [6.07, 6.45) is 5.55. The fourth-order valence-electron chi connectivity index (χ4n) is 3.67. The van der Waals surface area contributed by atoms with Gasteiger partial charge in [0.15, 0.2) is 0 Å². The van der Waals surface area contributed by atoms with E-state index in [1.807, 2.05) is 24.3 Å². The largest absolute Gasteiger partial charge is 0.492 e. The predicted molar refractivity (Wildman–Crippen MR) is 94.2 cm³/mol. The van der Waals surface area contributed by atoms with Crippen LogP contribution in [0.2, 0.25) is 0 Å². The minimum atomic E-state index is 0. The zero-order valence-corrected chi connectivity index (χ0v) is 14.5. The molecule has 2 unspecified atom stereocenters. The number of rotatable bonds is 6. The normalized spacial score (nSPS) is 25.5. The molecule has 2 atom stereocenters. The molecule has 0 radical (unpaired) electrons. The van der Waals surface area contributed by atoms with Crippen molar-refractivity contribution in [1.82, 2.24) is 10.6 Å². The maximum atomic E-state index is 12.0. The molecular weight excluding hydrogens is 312 g/mol. The van der Waals surface area contributed by atoms with Crippen LogP contribution in [0.25, 0.3) is 0 Å². The minimum Gasteiger partial charge on any atom is -0.492 e. The molecule has 128 valence electrons. The Morgan fingerprint density at radius 1 is 1.22 bits per heavy atom. The van der Waals surface area contributed by atoms with Gasteiger partial charge in [0.2, 0.25) is 5.91 Å². The van der Waals surface area contributed by atoms with Crippen LogP contribution in [0.4, 0.5) is 0 Å². The van der Waals surface area contributed by atoms with Crippen LogP contribution in [-0.2, 0) is 4.79 Å². The molecule has 2 aliphatic rings. The summed E-state index contributed by atoms with van der Waals surface area (Å²) < 4.78 is 5.62. The molecule has 1 aromatic carbocycles. The van der Waals surface area contributed by atoms with Gasteiger partial charge >= 0.3 is 0 Å². The first-order valence-electron chi connectivity index (χ1n) is 8.41. The van der Waals surface area contributed by atoms with Crippen LogP contribution in [0.5, 0.6) is 5.75 Å². The van der Waals surface area contributed by atoms with E-state index in [4.69, 9.17) is 4.74 Å². The van der Waals surface area contributed by atoms with Gasteiger partial charge in [-0.25, -0.2) is 0 Å². The molecule has 2 fully saturated rings. The Balaban J connectivity index is 0.00000192. The van der Waals surface area contributed by atoms with E-state index in [1.165, 1.54) is 18.4 Å². The van der Waals surface area contributed by atoms with Crippen molar-refractivity contribution < 1.29 is 9.53 Å². The number of fused-ring (bicyclic) bond motifs is 2. The Labute approximate surface area is 144 Å². The summed E-state index contributed by atoms with van der Waals surface area (Å²) in [6.45, 7) is 3.15. The Morgan fingerprint density at radius 3 is 2.52 bits per heavy atom. The number of hydrogen-bond donors (Lipinski definition) is 2. The van der Waals surface area contributed by atoms with Crippen LogP contribution in [0.15, 0.2) is 24.3 Å². The van der Waals surface area contributed by atoms with E-state index in [0.29, 0.717) is 37.6 Å². The molecular formula is C18H27ClN2O2. The number of hydrogen-bond acceptors (Lipinski definition) is 3. The van der Waals surface area contributed by atoms with E-state index in [1.54, 1.807) is 0 Å². The second-order valence-electron chi connectivity index (χ2n) is 6.69. The van der Waals surface area contributed by atoms with Gasteiger partial charge in [-0.05, 0) is 50.7 Å². The molecule has 2 saturated heterocycles. The fraction of sp³-hybridized carbons (Fsp3) is 0.611. The maximum Gasteiger partial charge on any atom is 0.220 e. The second kappa shape index (κ2) is 8.55. The number of benzene rings is 1. The van der Waals surface area contributed by atoms with E-state index in [2.05, 4.69) is 17.6 Å². The Hall–Kier alpha value is -1.26.